The smallest absolute Gasteiger partial charge is 0.330 e. The van der Waals surface area contributed by atoms with Crippen molar-refractivity contribution in [2.75, 3.05) is 6.61 Å². The van der Waals surface area contributed by atoms with Gasteiger partial charge in [0.25, 0.3) is 0 Å². The first kappa shape index (κ1) is 20.1. The van der Waals surface area contributed by atoms with Crippen LogP contribution in [0.25, 0.3) is 0 Å². The Bertz CT molecular complexity index is 601. The SMILES string of the molecule is CCOC(=O)/C=C(C)/C=C/C=C(F)\C=C\C1=C(C)CCCC1(C)C. The maximum Gasteiger partial charge on any atom is 0.330 e. The lowest BCUT2D eigenvalue weighted by Crippen LogP contribution is -2.19. The van der Waals surface area contributed by atoms with Gasteiger partial charge in [-0.15, -0.1) is 0 Å². The van der Waals surface area contributed by atoms with Gasteiger partial charge in [-0.2, -0.15) is 0 Å². The van der Waals surface area contributed by atoms with Gasteiger partial charge in [0.1, 0.15) is 5.83 Å². The van der Waals surface area contributed by atoms with Crippen molar-refractivity contribution in [2.24, 2.45) is 5.41 Å². The number of rotatable bonds is 6. The van der Waals surface area contributed by atoms with Gasteiger partial charge in [0.15, 0.2) is 0 Å². The monoisotopic (exact) mass is 332 g/mol. The first-order chi connectivity index (χ1) is 11.3. The number of hydrogen-bond donors (Lipinski definition) is 0. The lowest BCUT2D eigenvalue weighted by Gasteiger charge is -2.32. The van der Waals surface area contributed by atoms with E-state index in [2.05, 4.69) is 20.8 Å². The van der Waals surface area contributed by atoms with E-state index in [0.29, 0.717) is 12.2 Å². The molecule has 0 fully saturated rings. The van der Waals surface area contributed by atoms with Crippen molar-refractivity contribution in [3.8, 4) is 0 Å². The van der Waals surface area contributed by atoms with E-state index in [4.69, 9.17) is 4.74 Å². The molecule has 0 atom stereocenters. The molecule has 0 N–H and O–H groups in total. The summed E-state index contributed by atoms with van der Waals surface area (Å²) in [5.74, 6) is -0.692. The summed E-state index contributed by atoms with van der Waals surface area (Å²) in [4.78, 5) is 11.3. The Morgan fingerprint density at radius 1 is 1.33 bits per heavy atom. The second-order valence-corrected chi connectivity index (χ2v) is 6.82. The highest BCUT2D eigenvalue weighted by Gasteiger charge is 2.26. The number of ether oxygens (including phenoxy) is 1. The lowest BCUT2D eigenvalue weighted by molar-refractivity contribution is -0.137. The van der Waals surface area contributed by atoms with E-state index < -0.39 is 0 Å². The normalized spacial score (nSPS) is 19.4. The third kappa shape index (κ3) is 6.69. The van der Waals surface area contributed by atoms with E-state index in [0.717, 1.165) is 12.8 Å². The van der Waals surface area contributed by atoms with Gasteiger partial charge in [0, 0.05) is 6.08 Å². The molecule has 0 saturated carbocycles. The summed E-state index contributed by atoms with van der Waals surface area (Å²) >= 11 is 0. The molecule has 132 valence electrons. The van der Waals surface area contributed by atoms with Crippen LogP contribution >= 0.6 is 0 Å². The van der Waals surface area contributed by atoms with E-state index in [1.54, 1.807) is 26.0 Å². The van der Waals surface area contributed by atoms with Gasteiger partial charge in [-0.25, -0.2) is 9.18 Å². The summed E-state index contributed by atoms with van der Waals surface area (Å²) in [5.41, 5.74) is 3.40. The fraction of sp³-hybridized carbons (Fsp3) is 0.476. The molecule has 2 nitrogen and oxygen atoms in total. The zero-order chi connectivity index (χ0) is 18.2. The molecule has 0 aliphatic heterocycles. The molecule has 24 heavy (non-hydrogen) atoms. The molecule has 0 unspecified atom stereocenters. The molecule has 0 spiro atoms. The maximum absolute atomic E-state index is 14.0. The van der Waals surface area contributed by atoms with Gasteiger partial charge in [-0.1, -0.05) is 37.6 Å². The Kier molecular flexibility index (Phi) is 7.90. The number of allylic oxidation sites excluding steroid dienone is 9. The van der Waals surface area contributed by atoms with Crippen LogP contribution in [0, 0.1) is 5.41 Å². The van der Waals surface area contributed by atoms with Crippen molar-refractivity contribution < 1.29 is 13.9 Å². The second-order valence-electron chi connectivity index (χ2n) is 6.82. The highest BCUT2D eigenvalue weighted by molar-refractivity contribution is 5.83. The number of esters is 1. The third-order valence-electron chi connectivity index (χ3n) is 4.20. The summed E-state index contributed by atoms with van der Waals surface area (Å²) in [6, 6.07) is 0. The third-order valence-corrected chi connectivity index (χ3v) is 4.20. The zero-order valence-electron chi connectivity index (χ0n) is 15.5. The largest absolute Gasteiger partial charge is 0.463 e. The second kappa shape index (κ2) is 9.41. The molecule has 1 rings (SSSR count). The lowest BCUT2D eigenvalue weighted by atomic mass is 9.72. The van der Waals surface area contributed by atoms with Gasteiger partial charge in [0.2, 0.25) is 0 Å². The van der Waals surface area contributed by atoms with Crippen LogP contribution in [-0.2, 0) is 9.53 Å². The van der Waals surface area contributed by atoms with Crippen LogP contribution in [0.4, 0.5) is 4.39 Å². The minimum Gasteiger partial charge on any atom is -0.463 e. The van der Waals surface area contributed by atoms with E-state index in [1.165, 1.54) is 35.8 Å². The van der Waals surface area contributed by atoms with Crippen LogP contribution in [0.2, 0.25) is 0 Å². The summed E-state index contributed by atoms with van der Waals surface area (Å²) < 4.78 is 18.8. The molecule has 3 heteroatoms. The molecule has 1 aliphatic carbocycles. The number of hydrogen-bond acceptors (Lipinski definition) is 2. The van der Waals surface area contributed by atoms with Gasteiger partial charge >= 0.3 is 5.97 Å². The van der Waals surface area contributed by atoms with E-state index in [1.807, 2.05) is 6.08 Å². The first-order valence-electron chi connectivity index (χ1n) is 8.53. The average Bonchev–Trinajstić information content (AvgIpc) is 2.46. The fourth-order valence-electron chi connectivity index (χ4n) is 2.94. The molecule has 0 aromatic carbocycles. The highest BCUT2D eigenvalue weighted by Crippen LogP contribution is 2.40. The molecule has 0 aromatic heterocycles. The van der Waals surface area contributed by atoms with E-state index >= 15 is 0 Å². The Morgan fingerprint density at radius 2 is 2.04 bits per heavy atom. The summed E-state index contributed by atoms with van der Waals surface area (Å²) in [6.07, 6.45) is 12.9. The predicted molar refractivity (Wildman–Crippen MR) is 98.2 cm³/mol. The molecular weight excluding hydrogens is 303 g/mol. The van der Waals surface area contributed by atoms with Crippen molar-refractivity contribution in [3.05, 3.63) is 59.0 Å². The summed E-state index contributed by atoms with van der Waals surface area (Å²) in [7, 11) is 0. The topological polar surface area (TPSA) is 26.3 Å². The van der Waals surface area contributed by atoms with Gasteiger partial charge in [0.05, 0.1) is 6.61 Å². The zero-order valence-corrected chi connectivity index (χ0v) is 15.5. The number of carbonyl (C=O) groups is 1. The number of halogens is 1. The molecular formula is C21H29FO2. The van der Waals surface area contributed by atoms with Crippen molar-refractivity contribution in [3.63, 3.8) is 0 Å². The molecule has 0 bridgehead atoms. The van der Waals surface area contributed by atoms with Crippen LogP contribution in [0.3, 0.4) is 0 Å². The Balaban J connectivity index is 2.73. The molecule has 0 aromatic rings. The summed E-state index contributed by atoms with van der Waals surface area (Å²) in [6.45, 7) is 10.4. The highest BCUT2D eigenvalue weighted by atomic mass is 19.1. The van der Waals surface area contributed by atoms with Crippen molar-refractivity contribution in [2.45, 2.75) is 53.9 Å². The van der Waals surface area contributed by atoms with E-state index in [-0.39, 0.29) is 17.2 Å². The Morgan fingerprint density at radius 3 is 2.67 bits per heavy atom. The molecule has 1 aliphatic rings. The van der Waals surface area contributed by atoms with Crippen LogP contribution in [0.5, 0.6) is 0 Å². The molecule has 0 saturated heterocycles. The first-order valence-corrected chi connectivity index (χ1v) is 8.53. The van der Waals surface area contributed by atoms with Crippen LogP contribution < -0.4 is 0 Å². The van der Waals surface area contributed by atoms with Crippen molar-refractivity contribution in [1.82, 2.24) is 0 Å². The van der Waals surface area contributed by atoms with Crippen molar-refractivity contribution in [1.29, 1.82) is 0 Å². The van der Waals surface area contributed by atoms with Gasteiger partial charge in [-0.05, 0) is 68.7 Å². The predicted octanol–water partition coefficient (Wildman–Crippen LogP) is 5.99. The minimum atomic E-state index is -0.383. The number of carbonyl (C=O) groups excluding carboxylic acids is 1. The average molecular weight is 332 g/mol. The van der Waals surface area contributed by atoms with Crippen LogP contribution in [0.1, 0.15) is 53.9 Å². The van der Waals surface area contributed by atoms with Gasteiger partial charge in [-0.3, -0.25) is 0 Å². The molecule has 0 amide bonds. The van der Waals surface area contributed by atoms with Crippen LogP contribution in [0.15, 0.2) is 59.0 Å². The quantitative estimate of drug-likeness (QED) is 0.339. The minimum absolute atomic E-state index is 0.105. The van der Waals surface area contributed by atoms with Gasteiger partial charge < -0.3 is 4.74 Å². The van der Waals surface area contributed by atoms with Crippen LogP contribution in [-0.4, -0.2) is 12.6 Å². The van der Waals surface area contributed by atoms with E-state index in [9.17, 15) is 9.18 Å². The summed E-state index contributed by atoms with van der Waals surface area (Å²) in [5, 5.41) is 0. The standard InChI is InChI=1S/C21H29FO2/c1-6-24-20(23)15-16(2)9-7-11-18(22)12-13-19-17(3)10-8-14-21(19,4)5/h7,9,11-13,15H,6,8,10,14H2,1-5H3/b9-7+,13-12+,16-15+,18-11+. The molecule has 0 radical (unpaired) electrons. The maximum atomic E-state index is 14.0. The van der Waals surface area contributed by atoms with Crippen molar-refractivity contribution >= 4 is 5.97 Å². The Labute approximate surface area is 145 Å². The fourth-order valence-corrected chi connectivity index (χ4v) is 2.94. The molecule has 0 heterocycles. The Hall–Kier alpha value is -1.90.